The average Bonchev–Trinajstić information content (AvgIpc) is 2.75. The molecule has 0 saturated heterocycles. The minimum absolute atomic E-state index is 0.153. The summed E-state index contributed by atoms with van der Waals surface area (Å²) in [6.45, 7) is 3.78. The lowest BCUT2D eigenvalue weighted by molar-refractivity contribution is -0.142. The fourth-order valence-corrected chi connectivity index (χ4v) is 3.47. The number of hydrogen-bond acceptors (Lipinski definition) is 4. The number of para-hydroxylation sites is 1. The molecule has 0 aliphatic carbocycles. The molecule has 2 aromatic carbocycles. The highest BCUT2D eigenvalue weighted by atomic mass is 16.4. The molecule has 1 amide bonds. The van der Waals surface area contributed by atoms with Gasteiger partial charge in [0.05, 0.1) is 17.2 Å². The molecular formula is C23H25N3O4. The Hall–Kier alpha value is -3.48. The number of carboxylic acids is 1. The predicted molar refractivity (Wildman–Crippen MR) is 114 cm³/mol. The van der Waals surface area contributed by atoms with Crippen LogP contribution in [-0.4, -0.2) is 32.6 Å². The number of amides is 1. The summed E-state index contributed by atoms with van der Waals surface area (Å²) in [5.41, 5.74) is 1.03. The van der Waals surface area contributed by atoms with E-state index in [1.807, 2.05) is 44.2 Å². The number of rotatable bonds is 8. The Morgan fingerprint density at radius 1 is 1.10 bits per heavy atom. The zero-order chi connectivity index (χ0) is 21.7. The van der Waals surface area contributed by atoms with Gasteiger partial charge in [-0.3, -0.25) is 14.2 Å². The summed E-state index contributed by atoms with van der Waals surface area (Å²) in [6, 6.07) is 14.1. The summed E-state index contributed by atoms with van der Waals surface area (Å²) in [5.74, 6) is -1.83. The zero-order valence-electron chi connectivity index (χ0n) is 17.0. The maximum absolute atomic E-state index is 13.2. The SMILES string of the molecule is CCC(C)C(C(=O)NC(Cc1ccccc1)C(=O)O)n1cnc2ccccc2c1=O. The van der Waals surface area contributed by atoms with E-state index in [1.165, 1.54) is 10.9 Å². The number of aromatic nitrogens is 2. The number of carbonyl (C=O) groups excluding carboxylic acids is 1. The van der Waals surface area contributed by atoms with Crippen LogP contribution >= 0.6 is 0 Å². The number of carboxylic acid groups (broad SMARTS) is 1. The molecule has 3 aromatic rings. The summed E-state index contributed by atoms with van der Waals surface area (Å²) in [4.78, 5) is 42.3. The quantitative estimate of drug-likeness (QED) is 0.598. The summed E-state index contributed by atoms with van der Waals surface area (Å²) < 4.78 is 1.31. The number of benzene rings is 2. The van der Waals surface area contributed by atoms with Crippen LogP contribution in [0.3, 0.4) is 0 Å². The van der Waals surface area contributed by atoms with E-state index < -0.39 is 24.0 Å². The van der Waals surface area contributed by atoms with Crippen LogP contribution in [0.1, 0.15) is 31.9 Å². The van der Waals surface area contributed by atoms with Gasteiger partial charge in [-0.25, -0.2) is 9.78 Å². The Balaban J connectivity index is 1.93. The van der Waals surface area contributed by atoms with Crippen molar-refractivity contribution < 1.29 is 14.7 Å². The van der Waals surface area contributed by atoms with E-state index in [1.54, 1.807) is 24.3 Å². The topological polar surface area (TPSA) is 101 Å². The van der Waals surface area contributed by atoms with E-state index in [0.29, 0.717) is 17.3 Å². The molecule has 3 rings (SSSR count). The third kappa shape index (κ3) is 4.56. The van der Waals surface area contributed by atoms with Gasteiger partial charge >= 0.3 is 5.97 Å². The van der Waals surface area contributed by atoms with Gasteiger partial charge in [-0.1, -0.05) is 62.7 Å². The second-order valence-corrected chi connectivity index (χ2v) is 7.39. The van der Waals surface area contributed by atoms with Crippen molar-refractivity contribution in [3.05, 3.63) is 76.8 Å². The van der Waals surface area contributed by atoms with Gasteiger partial charge in [0.15, 0.2) is 0 Å². The highest BCUT2D eigenvalue weighted by molar-refractivity contribution is 5.86. The summed E-state index contributed by atoms with van der Waals surface area (Å²) >= 11 is 0. The summed E-state index contributed by atoms with van der Waals surface area (Å²) in [5, 5.41) is 12.7. The predicted octanol–water partition coefficient (Wildman–Crippen LogP) is 2.80. The number of nitrogens with zero attached hydrogens (tertiary/aromatic N) is 2. The third-order valence-electron chi connectivity index (χ3n) is 5.34. The van der Waals surface area contributed by atoms with Crippen molar-refractivity contribution in [2.75, 3.05) is 0 Å². The fraction of sp³-hybridized carbons (Fsp3) is 0.304. The normalized spacial score (nSPS) is 14.1. The van der Waals surface area contributed by atoms with Crippen LogP contribution in [-0.2, 0) is 16.0 Å². The van der Waals surface area contributed by atoms with Gasteiger partial charge in [0.1, 0.15) is 12.1 Å². The molecule has 1 aromatic heterocycles. The van der Waals surface area contributed by atoms with Crippen molar-refractivity contribution in [2.24, 2.45) is 5.92 Å². The molecule has 0 spiro atoms. The number of hydrogen-bond donors (Lipinski definition) is 2. The minimum Gasteiger partial charge on any atom is -0.480 e. The molecule has 0 saturated carbocycles. The Bertz CT molecular complexity index is 1090. The molecule has 0 radical (unpaired) electrons. The Morgan fingerprint density at radius 2 is 1.77 bits per heavy atom. The van der Waals surface area contributed by atoms with E-state index in [2.05, 4.69) is 10.3 Å². The summed E-state index contributed by atoms with van der Waals surface area (Å²) in [7, 11) is 0. The van der Waals surface area contributed by atoms with Gasteiger partial charge in [0.25, 0.3) is 5.56 Å². The number of aliphatic carboxylic acids is 1. The molecule has 0 aliphatic heterocycles. The maximum Gasteiger partial charge on any atom is 0.326 e. The first-order chi connectivity index (χ1) is 14.4. The smallest absolute Gasteiger partial charge is 0.326 e. The first kappa shape index (κ1) is 21.2. The van der Waals surface area contributed by atoms with Crippen LogP contribution in [0.2, 0.25) is 0 Å². The van der Waals surface area contributed by atoms with Gasteiger partial charge in [0.2, 0.25) is 5.91 Å². The Kier molecular flexibility index (Phi) is 6.61. The van der Waals surface area contributed by atoms with Crippen LogP contribution in [0, 0.1) is 5.92 Å². The first-order valence-corrected chi connectivity index (χ1v) is 9.95. The molecule has 30 heavy (non-hydrogen) atoms. The lowest BCUT2D eigenvalue weighted by Gasteiger charge is -2.26. The maximum atomic E-state index is 13.2. The Labute approximate surface area is 174 Å². The zero-order valence-corrected chi connectivity index (χ0v) is 17.0. The lowest BCUT2D eigenvalue weighted by Crippen LogP contribution is -2.48. The highest BCUT2D eigenvalue weighted by Crippen LogP contribution is 2.21. The van der Waals surface area contributed by atoms with Crippen molar-refractivity contribution in [2.45, 2.75) is 38.8 Å². The van der Waals surface area contributed by atoms with Gasteiger partial charge in [-0.05, 0) is 23.6 Å². The lowest BCUT2D eigenvalue weighted by atomic mass is 9.97. The van der Waals surface area contributed by atoms with Gasteiger partial charge in [0, 0.05) is 6.42 Å². The van der Waals surface area contributed by atoms with Gasteiger partial charge in [-0.2, -0.15) is 0 Å². The number of fused-ring (bicyclic) bond motifs is 1. The van der Waals surface area contributed by atoms with Gasteiger partial charge < -0.3 is 10.4 Å². The fourth-order valence-electron chi connectivity index (χ4n) is 3.47. The van der Waals surface area contributed by atoms with Crippen LogP contribution in [0.25, 0.3) is 10.9 Å². The molecule has 0 fully saturated rings. The van der Waals surface area contributed by atoms with Crippen molar-refractivity contribution >= 4 is 22.8 Å². The van der Waals surface area contributed by atoms with Crippen molar-refractivity contribution in [1.29, 1.82) is 0 Å². The molecule has 1 heterocycles. The van der Waals surface area contributed by atoms with Crippen LogP contribution in [0.4, 0.5) is 0 Å². The van der Waals surface area contributed by atoms with Crippen molar-refractivity contribution in [1.82, 2.24) is 14.9 Å². The molecule has 0 bridgehead atoms. The van der Waals surface area contributed by atoms with E-state index in [4.69, 9.17) is 0 Å². The van der Waals surface area contributed by atoms with Crippen molar-refractivity contribution in [3.8, 4) is 0 Å². The molecular weight excluding hydrogens is 382 g/mol. The molecule has 2 N–H and O–H groups in total. The first-order valence-electron chi connectivity index (χ1n) is 9.95. The molecule has 3 atom stereocenters. The van der Waals surface area contributed by atoms with Crippen LogP contribution in [0.15, 0.2) is 65.7 Å². The van der Waals surface area contributed by atoms with Crippen molar-refractivity contribution in [3.63, 3.8) is 0 Å². The number of nitrogens with one attached hydrogen (secondary N) is 1. The molecule has 156 valence electrons. The monoisotopic (exact) mass is 407 g/mol. The Morgan fingerprint density at radius 3 is 2.43 bits per heavy atom. The van der Waals surface area contributed by atoms with Crippen LogP contribution in [0.5, 0.6) is 0 Å². The largest absolute Gasteiger partial charge is 0.480 e. The molecule has 3 unspecified atom stereocenters. The second kappa shape index (κ2) is 9.35. The highest BCUT2D eigenvalue weighted by Gasteiger charge is 2.31. The van der Waals surface area contributed by atoms with E-state index >= 15 is 0 Å². The molecule has 7 nitrogen and oxygen atoms in total. The average molecular weight is 407 g/mol. The molecule has 0 aliphatic rings. The van der Waals surface area contributed by atoms with Crippen LogP contribution < -0.4 is 10.9 Å². The molecule has 7 heteroatoms. The number of carbonyl (C=O) groups is 2. The second-order valence-electron chi connectivity index (χ2n) is 7.39. The van der Waals surface area contributed by atoms with E-state index in [0.717, 1.165) is 5.56 Å². The summed E-state index contributed by atoms with van der Waals surface area (Å²) in [6.07, 6.45) is 2.15. The van der Waals surface area contributed by atoms with E-state index in [-0.39, 0.29) is 17.9 Å². The third-order valence-corrected chi connectivity index (χ3v) is 5.34. The minimum atomic E-state index is -1.13. The van der Waals surface area contributed by atoms with E-state index in [9.17, 15) is 19.5 Å². The standard InChI is InChI=1S/C23H25N3O4/c1-3-15(2)20(26-14-24-18-12-8-7-11-17(18)22(26)28)21(27)25-19(23(29)30)13-16-9-5-4-6-10-16/h4-12,14-15,19-20H,3,13H2,1-2H3,(H,25,27)(H,29,30). The van der Waals surface area contributed by atoms with Gasteiger partial charge in [-0.15, -0.1) is 0 Å².